The van der Waals surface area contributed by atoms with Crippen LogP contribution < -0.4 is 5.32 Å². The van der Waals surface area contributed by atoms with E-state index in [1.807, 2.05) is 37.8 Å². The van der Waals surface area contributed by atoms with E-state index < -0.39 is 0 Å². The predicted octanol–water partition coefficient (Wildman–Crippen LogP) is 2.65. The van der Waals surface area contributed by atoms with Gasteiger partial charge in [-0.1, -0.05) is 12.1 Å². The quantitative estimate of drug-likeness (QED) is 0.490. The molecule has 0 radical (unpaired) electrons. The molecular weight excluding hydrogens is 422 g/mol. The molecule has 0 bridgehead atoms. The molecule has 0 aliphatic carbocycles. The van der Waals surface area contributed by atoms with Crippen molar-refractivity contribution in [1.29, 1.82) is 0 Å². The third-order valence-corrected chi connectivity index (χ3v) is 6.65. The number of thiazole rings is 1. The Kier molecular flexibility index (Phi) is 6.02. The molecule has 0 unspecified atom stereocenters. The Hall–Kier alpha value is -3.01. The fourth-order valence-corrected chi connectivity index (χ4v) is 4.82. The van der Waals surface area contributed by atoms with Gasteiger partial charge in [-0.25, -0.2) is 9.67 Å². The lowest BCUT2D eigenvalue weighted by Gasteiger charge is -2.20. The first-order chi connectivity index (χ1) is 15.7. The van der Waals surface area contributed by atoms with Crippen molar-refractivity contribution < 1.29 is 4.79 Å². The van der Waals surface area contributed by atoms with E-state index in [4.69, 9.17) is 4.98 Å². The van der Waals surface area contributed by atoms with Gasteiger partial charge < -0.3 is 15.1 Å². The molecule has 0 atom stereocenters. The highest BCUT2D eigenvalue weighted by Crippen LogP contribution is 2.20. The fourth-order valence-electron chi connectivity index (χ4n) is 4.09. The first-order valence-corrected chi connectivity index (χ1v) is 11.8. The summed E-state index contributed by atoms with van der Waals surface area (Å²) in [7, 11) is 2.11. The summed E-state index contributed by atoms with van der Waals surface area (Å²) in [5.41, 5.74) is 3.71. The van der Waals surface area contributed by atoms with Crippen LogP contribution in [0, 0.1) is 0 Å². The highest BCUT2D eigenvalue weighted by Gasteiger charge is 2.25. The lowest BCUT2D eigenvalue weighted by molar-refractivity contribution is 0.0756. The summed E-state index contributed by atoms with van der Waals surface area (Å²) in [5, 5.41) is 9.77. The Morgan fingerprint density at radius 1 is 1.09 bits per heavy atom. The second-order valence-corrected chi connectivity index (χ2v) is 9.01. The highest BCUT2D eigenvalue weighted by molar-refractivity contribution is 7.15. The molecule has 32 heavy (non-hydrogen) atoms. The minimum Gasteiger partial charge on any atom is -0.336 e. The molecule has 4 aromatic rings. The third kappa shape index (κ3) is 4.32. The first-order valence-electron chi connectivity index (χ1n) is 10.9. The van der Waals surface area contributed by atoms with Crippen LogP contribution in [0.4, 0.5) is 0 Å². The van der Waals surface area contributed by atoms with Gasteiger partial charge in [0.2, 0.25) is 0 Å². The molecule has 1 aliphatic rings. The second-order valence-electron chi connectivity index (χ2n) is 8.13. The summed E-state index contributed by atoms with van der Waals surface area (Å²) in [6.07, 6.45) is 6.69. The van der Waals surface area contributed by atoms with Crippen molar-refractivity contribution >= 4 is 22.2 Å². The number of hydrogen-bond acceptors (Lipinski definition) is 6. The average molecular weight is 450 g/mol. The molecule has 1 aliphatic heterocycles. The van der Waals surface area contributed by atoms with Crippen LogP contribution in [0.1, 0.15) is 28.2 Å². The largest absolute Gasteiger partial charge is 0.336 e. The fraction of sp³-hybridized carbons (Fsp3) is 0.348. The number of benzene rings is 1. The van der Waals surface area contributed by atoms with Gasteiger partial charge in [-0.2, -0.15) is 5.10 Å². The van der Waals surface area contributed by atoms with Crippen molar-refractivity contribution in [2.45, 2.75) is 19.5 Å². The molecule has 0 spiro atoms. The number of amides is 1. The molecule has 9 heteroatoms. The molecule has 8 nitrogen and oxygen atoms in total. The summed E-state index contributed by atoms with van der Waals surface area (Å²) < 4.78 is 3.88. The Bertz CT molecular complexity index is 1180. The number of fused-ring (bicyclic) bond motifs is 1. The van der Waals surface area contributed by atoms with Crippen molar-refractivity contribution in [3.63, 3.8) is 0 Å². The number of nitrogens with one attached hydrogen (secondary N) is 1. The molecule has 5 rings (SSSR count). The highest BCUT2D eigenvalue weighted by atomic mass is 32.1. The van der Waals surface area contributed by atoms with Gasteiger partial charge in [0, 0.05) is 56.7 Å². The van der Waals surface area contributed by atoms with Gasteiger partial charge in [-0.3, -0.25) is 9.20 Å². The minimum atomic E-state index is 0.0385. The van der Waals surface area contributed by atoms with Crippen molar-refractivity contribution in [1.82, 2.24) is 34.3 Å². The van der Waals surface area contributed by atoms with E-state index in [-0.39, 0.29) is 5.91 Å². The Morgan fingerprint density at radius 3 is 2.78 bits per heavy atom. The number of carbonyl (C=O) groups is 1. The molecule has 1 N–H and O–H groups in total. The van der Waals surface area contributed by atoms with E-state index in [1.165, 1.54) is 5.56 Å². The summed E-state index contributed by atoms with van der Waals surface area (Å²) in [5.74, 6) is 0.0385. The molecule has 1 saturated heterocycles. The van der Waals surface area contributed by atoms with Crippen molar-refractivity contribution in [2.24, 2.45) is 0 Å². The Balaban J connectivity index is 1.28. The van der Waals surface area contributed by atoms with Crippen molar-refractivity contribution in [2.75, 3.05) is 33.2 Å². The topological polar surface area (TPSA) is 70.7 Å². The maximum atomic E-state index is 13.3. The summed E-state index contributed by atoms with van der Waals surface area (Å²) in [4.78, 5) is 23.1. The van der Waals surface area contributed by atoms with Gasteiger partial charge in [0.05, 0.1) is 11.4 Å². The first kappa shape index (κ1) is 20.9. The molecule has 1 aromatic carbocycles. The monoisotopic (exact) mass is 449 g/mol. The second kappa shape index (κ2) is 9.23. The zero-order valence-corrected chi connectivity index (χ0v) is 19.0. The Labute approximate surface area is 191 Å². The maximum absolute atomic E-state index is 13.3. The number of carbonyl (C=O) groups excluding carboxylic acids is 1. The number of aromatic nitrogens is 4. The van der Waals surface area contributed by atoms with Gasteiger partial charge >= 0.3 is 0 Å². The van der Waals surface area contributed by atoms with E-state index in [1.54, 1.807) is 17.5 Å². The van der Waals surface area contributed by atoms with Gasteiger partial charge in [0.25, 0.3) is 5.91 Å². The van der Waals surface area contributed by atoms with Crippen LogP contribution in [0.2, 0.25) is 0 Å². The molecule has 166 valence electrons. The van der Waals surface area contributed by atoms with Crippen molar-refractivity contribution in [3.05, 3.63) is 71.3 Å². The summed E-state index contributed by atoms with van der Waals surface area (Å²) in [6.45, 7) is 4.73. The minimum absolute atomic E-state index is 0.0385. The number of hydrogen-bond donors (Lipinski definition) is 1. The van der Waals surface area contributed by atoms with Crippen LogP contribution in [-0.4, -0.2) is 68.1 Å². The van der Waals surface area contributed by atoms with E-state index in [2.05, 4.69) is 46.6 Å². The average Bonchev–Trinajstić information content (AvgIpc) is 3.52. The van der Waals surface area contributed by atoms with Gasteiger partial charge in [0.15, 0.2) is 10.7 Å². The maximum Gasteiger partial charge on any atom is 0.274 e. The van der Waals surface area contributed by atoms with Gasteiger partial charge in [-0.05, 0) is 43.8 Å². The predicted molar refractivity (Wildman–Crippen MR) is 125 cm³/mol. The van der Waals surface area contributed by atoms with E-state index in [9.17, 15) is 4.79 Å². The van der Waals surface area contributed by atoms with Crippen LogP contribution in [0.3, 0.4) is 0 Å². The van der Waals surface area contributed by atoms with Crippen LogP contribution in [0.5, 0.6) is 0 Å². The van der Waals surface area contributed by atoms with E-state index in [0.717, 1.165) is 48.9 Å². The zero-order chi connectivity index (χ0) is 21.9. The van der Waals surface area contributed by atoms with Crippen LogP contribution in [0.25, 0.3) is 10.6 Å². The summed E-state index contributed by atoms with van der Waals surface area (Å²) in [6, 6.07) is 10.2. The van der Waals surface area contributed by atoms with E-state index >= 15 is 0 Å². The zero-order valence-electron chi connectivity index (χ0n) is 18.1. The van der Waals surface area contributed by atoms with Crippen LogP contribution in [-0.2, 0) is 13.1 Å². The number of nitrogens with zero attached hydrogens (tertiary/aromatic N) is 6. The van der Waals surface area contributed by atoms with Crippen molar-refractivity contribution in [3.8, 4) is 5.69 Å². The number of likely N-dealkylation sites (N-methyl/N-ethyl adjacent to an activating group) is 1. The van der Waals surface area contributed by atoms with Gasteiger partial charge in [0.1, 0.15) is 0 Å². The molecule has 0 saturated carbocycles. The molecule has 3 aromatic heterocycles. The third-order valence-electron chi connectivity index (χ3n) is 5.90. The lowest BCUT2D eigenvalue weighted by Crippen LogP contribution is -2.35. The smallest absolute Gasteiger partial charge is 0.274 e. The number of rotatable bonds is 6. The molecule has 1 fully saturated rings. The van der Waals surface area contributed by atoms with Gasteiger partial charge in [-0.15, -0.1) is 11.3 Å². The molecule has 1 amide bonds. The number of imidazole rings is 1. The SMILES string of the molecule is CN1CCCN(C(=O)c2nc3sccn3c2CNCc2ccc(-n3cccn3)cc2)CC1. The van der Waals surface area contributed by atoms with Crippen LogP contribution in [0.15, 0.2) is 54.3 Å². The standard InChI is InChI=1S/C23H27N7OS/c1-27-9-3-10-28(13-12-27)22(31)21-20(29-14-15-32-23(29)26-21)17-24-16-18-4-6-19(7-5-18)30-11-2-8-25-30/h2,4-8,11,14-15,24H,3,9-10,12-13,16-17H2,1H3. The summed E-state index contributed by atoms with van der Waals surface area (Å²) >= 11 is 1.56. The normalized spacial score (nSPS) is 15.3. The molecular formula is C23H27N7OS. The van der Waals surface area contributed by atoms with E-state index in [0.29, 0.717) is 18.8 Å². The molecule has 4 heterocycles. The Morgan fingerprint density at radius 2 is 1.97 bits per heavy atom. The lowest BCUT2D eigenvalue weighted by atomic mass is 10.2. The van der Waals surface area contributed by atoms with Crippen LogP contribution >= 0.6 is 11.3 Å².